The van der Waals surface area contributed by atoms with Crippen molar-refractivity contribution in [1.29, 1.82) is 0 Å². The van der Waals surface area contributed by atoms with Crippen molar-refractivity contribution in [2.75, 3.05) is 13.2 Å². The quantitative estimate of drug-likeness (QED) is 0.577. The van der Waals surface area contributed by atoms with Gasteiger partial charge in [-0.1, -0.05) is 17.7 Å². The molecule has 0 unspecified atom stereocenters. The number of benzene rings is 1. The number of esters is 1. The molecule has 0 bridgehead atoms. The van der Waals surface area contributed by atoms with Gasteiger partial charge in [0.1, 0.15) is 0 Å². The summed E-state index contributed by atoms with van der Waals surface area (Å²) in [5.41, 5.74) is 2.77. The molecule has 1 aliphatic heterocycles. The molecule has 0 spiro atoms. The molecule has 1 aromatic carbocycles. The molecular weight excluding hydrogens is 410 g/mol. The smallest absolute Gasteiger partial charge is 0.359 e. The molecule has 1 amide bonds. The summed E-state index contributed by atoms with van der Waals surface area (Å²) in [7, 11) is 0. The maximum Gasteiger partial charge on any atom is 0.359 e. The van der Waals surface area contributed by atoms with Crippen LogP contribution in [0, 0.1) is 0 Å². The van der Waals surface area contributed by atoms with Gasteiger partial charge in [0.15, 0.2) is 5.69 Å². The van der Waals surface area contributed by atoms with Crippen LogP contribution in [-0.4, -0.2) is 39.7 Å². The fourth-order valence-corrected chi connectivity index (χ4v) is 4.29. The summed E-state index contributed by atoms with van der Waals surface area (Å²) in [5.74, 6) is -0.420. The fraction of sp³-hybridized carbons (Fsp3) is 0.286. The lowest BCUT2D eigenvalue weighted by atomic mass is 10.0. The molecule has 150 valence electrons. The SMILES string of the molecule is CCOC(=O)c1nn(-c2ccc(Cl)cc2)c2c1CN(C(=O)Cc1cccs1)CC2. The Morgan fingerprint density at radius 2 is 2.03 bits per heavy atom. The molecule has 2 aromatic heterocycles. The lowest BCUT2D eigenvalue weighted by Gasteiger charge is -2.27. The molecule has 0 atom stereocenters. The van der Waals surface area contributed by atoms with Gasteiger partial charge in [0.05, 0.1) is 24.4 Å². The van der Waals surface area contributed by atoms with Gasteiger partial charge in [-0.15, -0.1) is 11.3 Å². The van der Waals surface area contributed by atoms with Gasteiger partial charge >= 0.3 is 5.97 Å². The van der Waals surface area contributed by atoms with E-state index in [0.29, 0.717) is 31.0 Å². The fourth-order valence-electron chi connectivity index (χ4n) is 3.47. The standard InChI is InChI=1S/C21H20ClN3O3S/c1-2-28-21(27)20-17-13-24(19(26)12-16-4-3-11-29-16)10-9-18(17)25(23-20)15-7-5-14(22)6-8-15/h3-8,11H,2,9-10,12-13H2,1H3. The Bertz CT molecular complexity index is 1030. The van der Waals surface area contributed by atoms with E-state index in [9.17, 15) is 9.59 Å². The van der Waals surface area contributed by atoms with E-state index in [1.165, 1.54) is 0 Å². The van der Waals surface area contributed by atoms with Crippen LogP contribution < -0.4 is 0 Å². The van der Waals surface area contributed by atoms with Crippen molar-refractivity contribution >= 4 is 34.8 Å². The molecule has 0 aliphatic carbocycles. The van der Waals surface area contributed by atoms with Gasteiger partial charge < -0.3 is 9.64 Å². The highest BCUT2D eigenvalue weighted by molar-refractivity contribution is 7.10. The molecule has 0 radical (unpaired) electrons. The van der Waals surface area contributed by atoms with Crippen LogP contribution in [0.4, 0.5) is 0 Å². The molecular formula is C21H20ClN3O3S. The molecule has 0 fully saturated rings. The summed E-state index contributed by atoms with van der Waals surface area (Å²) in [6.07, 6.45) is 0.980. The van der Waals surface area contributed by atoms with Crippen LogP contribution in [0.2, 0.25) is 5.02 Å². The van der Waals surface area contributed by atoms with Gasteiger partial charge in [-0.2, -0.15) is 5.10 Å². The van der Waals surface area contributed by atoms with Crippen molar-refractivity contribution in [3.8, 4) is 5.69 Å². The minimum Gasteiger partial charge on any atom is -0.461 e. The van der Waals surface area contributed by atoms with E-state index in [1.54, 1.807) is 40.0 Å². The Kier molecular flexibility index (Phi) is 5.69. The van der Waals surface area contributed by atoms with E-state index in [1.807, 2.05) is 29.6 Å². The number of nitrogens with zero attached hydrogens (tertiary/aromatic N) is 3. The first-order valence-electron chi connectivity index (χ1n) is 9.40. The molecule has 3 aromatic rings. The van der Waals surface area contributed by atoms with Gasteiger partial charge in [-0.05, 0) is 42.6 Å². The third-order valence-electron chi connectivity index (χ3n) is 4.86. The van der Waals surface area contributed by atoms with Crippen molar-refractivity contribution in [3.05, 3.63) is 68.6 Å². The van der Waals surface area contributed by atoms with E-state index in [-0.39, 0.29) is 18.2 Å². The number of amides is 1. The summed E-state index contributed by atoms with van der Waals surface area (Å²) in [6, 6.07) is 11.2. The van der Waals surface area contributed by atoms with Crippen LogP contribution in [0.5, 0.6) is 0 Å². The second-order valence-electron chi connectivity index (χ2n) is 6.70. The molecule has 3 heterocycles. The molecule has 0 N–H and O–H groups in total. The predicted molar refractivity (Wildman–Crippen MR) is 112 cm³/mol. The Balaban J connectivity index is 1.66. The topological polar surface area (TPSA) is 64.4 Å². The van der Waals surface area contributed by atoms with E-state index < -0.39 is 5.97 Å². The second kappa shape index (κ2) is 8.39. The molecule has 6 nitrogen and oxygen atoms in total. The van der Waals surface area contributed by atoms with E-state index in [4.69, 9.17) is 16.3 Å². The highest BCUT2D eigenvalue weighted by atomic mass is 35.5. The largest absolute Gasteiger partial charge is 0.461 e. The van der Waals surface area contributed by atoms with E-state index in [0.717, 1.165) is 21.8 Å². The summed E-state index contributed by atoms with van der Waals surface area (Å²) in [5, 5.41) is 7.14. The number of carbonyl (C=O) groups excluding carboxylic acids is 2. The maximum atomic E-state index is 12.8. The lowest BCUT2D eigenvalue weighted by molar-refractivity contribution is -0.131. The highest BCUT2D eigenvalue weighted by Gasteiger charge is 2.31. The Morgan fingerprint density at radius 3 is 2.72 bits per heavy atom. The second-order valence-corrected chi connectivity index (χ2v) is 8.17. The first-order valence-corrected chi connectivity index (χ1v) is 10.7. The zero-order valence-corrected chi connectivity index (χ0v) is 17.5. The average molecular weight is 430 g/mol. The van der Waals surface area contributed by atoms with Crippen LogP contribution in [0.3, 0.4) is 0 Å². The molecule has 0 saturated heterocycles. The maximum absolute atomic E-state index is 12.8. The van der Waals surface area contributed by atoms with Crippen LogP contribution in [0.1, 0.15) is 33.5 Å². The molecule has 4 rings (SSSR count). The van der Waals surface area contributed by atoms with E-state index >= 15 is 0 Å². The number of thiophene rings is 1. The van der Waals surface area contributed by atoms with Gasteiger partial charge in [-0.25, -0.2) is 9.48 Å². The Morgan fingerprint density at radius 1 is 1.24 bits per heavy atom. The van der Waals surface area contributed by atoms with Crippen molar-refractivity contribution < 1.29 is 14.3 Å². The molecule has 8 heteroatoms. The number of carbonyl (C=O) groups is 2. The third kappa shape index (κ3) is 4.06. The van der Waals surface area contributed by atoms with Crippen LogP contribution >= 0.6 is 22.9 Å². The zero-order chi connectivity index (χ0) is 20.4. The molecule has 1 aliphatic rings. The number of hydrogen-bond donors (Lipinski definition) is 0. The minimum absolute atomic E-state index is 0.0483. The summed E-state index contributed by atoms with van der Waals surface area (Å²) in [6.45, 7) is 2.96. The zero-order valence-electron chi connectivity index (χ0n) is 15.9. The van der Waals surface area contributed by atoms with Gasteiger partial charge in [0, 0.05) is 35.0 Å². The molecule has 0 saturated carbocycles. The van der Waals surface area contributed by atoms with Crippen LogP contribution in [0.15, 0.2) is 41.8 Å². The number of aromatic nitrogens is 2. The normalized spacial score (nSPS) is 13.2. The first-order chi connectivity index (χ1) is 14.1. The summed E-state index contributed by atoms with van der Waals surface area (Å²) in [4.78, 5) is 28.1. The average Bonchev–Trinajstić information content (AvgIpc) is 3.36. The van der Waals surface area contributed by atoms with Crippen LogP contribution in [0.25, 0.3) is 5.69 Å². The summed E-state index contributed by atoms with van der Waals surface area (Å²) < 4.78 is 6.97. The number of ether oxygens (including phenoxy) is 1. The first kappa shape index (κ1) is 19.7. The van der Waals surface area contributed by atoms with Crippen molar-refractivity contribution in [1.82, 2.24) is 14.7 Å². The van der Waals surface area contributed by atoms with Crippen molar-refractivity contribution in [2.45, 2.75) is 26.3 Å². The minimum atomic E-state index is -0.469. The summed E-state index contributed by atoms with van der Waals surface area (Å²) >= 11 is 7.57. The number of halogens is 1. The Labute approximate surface area is 177 Å². The van der Waals surface area contributed by atoms with Crippen molar-refractivity contribution in [3.63, 3.8) is 0 Å². The monoisotopic (exact) mass is 429 g/mol. The molecule has 29 heavy (non-hydrogen) atoms. The van der Waals surface area contributed by atoms with Gasteiger partial charge in [0.25, 0.3) is 0 Å². The van der Waals surface area contributed by atoms with Crippen LogP contribution in [-0.2, 0) is 28.9 Å². The number of hydrogen-bond acceptors (Lipinski definition) is 5. The van der Waals surface area contributed by atoms with Gasteiger partial charge in [0.2, 0.25) is 5.91 Å². The van der Waals surface area contributed by atoms with Crippen molar-refractivity contribution in [2.24, 2.45) is 0 Å². The van der Waals surface area contributed by atoms with E-state index in [2.05, 4.69) is 5.10 Å². The lowest BCUT2D eigenvalue weighted by Crippen LogP contribution is -2.37. The van der Waals surface area contributed by atoms with Gasteiger partial charge in [-0.3, -0.25) is 4.79 Å². The third-order valence-corrected chi connectivity index (χ3v) is 5.98. The predicted octanol–water partition coefficient (Wildman–Crippen LogP) is 3.89. The number of fused-ring (bicyclic) bond motifs is 1. The highest BCUT2D eigenvalue weighted by Crippen LogP contribution is 2.27. The number of rotatable bonds is 5. The Hall–Kier alpha value is -2.64.